The average Bonchev–Trinajstić information content (AvgIpc) is 2.53. The zero-order chi connectivity index (χ0) is 15.8. The topological polar surface area (TPSA) is 41.1 Å². The average molecular weight is 298 g/mol. The van der Waals surface area contributed by atoms with Crippen molar-refractivity contribution in [1.82, 2.24) is 9.97 Å². The van der Waals surface area contributed by atoms with Gasteiger partial charge in [-0.2, -0.15) is 4.98 Å². The molecule has 0 radical (unpaired) electrons. The van der Waals surface area contributed by atoms with E-state index >= 15 is 0 Å². The van der Waals surface area contributed by atoms with Crippen LogP contribution in [0.2, 0.25) is 0 Å². The van der Waals surface area contributed by atoms with Gasteiger partial charge in [0.2, 0.25) is 5.95 Å². The number of nitrogens with one attached hydrogen (secondary N) is 1. The highest BCUT2D eigenvalue weighted by atomic mass is 15.3. The molecule has 1 N–H and O–H groups in total. The summed E-state index contributed by atoms with van der Waals surface area (Å²) in [5, 5.41) is 3.42. The van der Waals surface area contributed by atoms with Crippen molar-refractivity contribution >= 4 is 11.8 Å². The van der Waals surface area contributed by atoms with Gasteiger partial charge in [-0.15, -0.1) is 0 Å². The van der Waals surface area contributed by atoms with Crippen LogP contribution in [0.25, 0.3) is 0 Å². The lowest BCUT2D eigenvalue weighted by molar-refractivity contribution is 0.811. The maximum Gasteiger partial charge on any atom is 0.227 e. The van der Waals surface area contributed by atoms with Crippen molar-refractivity contribution in [2.75, 3.05) is 29.9 Å². The van der Waals surface area contributed by atoms with E-state index in [1.165, 1.54) is 5.56 Å². The molecule has 0 saturated carbocycles. The van der Waals surface area contributed by atoms with E-state index in [4.69, 9.17) is 0 Å². The molecule has 118 valence electrons. The van der Waals surface area contributed by atoms with Crippen LogP contribution in [0, 0.1) is 6.92 Å². The van der Waals surface area contributed by atoms with Crippen LogP contribution in [0.5, 0.6) is 0 Å². The number of nitrogens with zero attached hydrogens (tertiary/aromatic N) is 3. The summed E-state index contributed by atoms with van der Waals surface area (Å²) in [6, 6.07) is 12.6. The second-order valence-corrected chi connectivity index (χ2v) is 5.38. The fourth-order valence-electron chi connectivity index (χ4n) is 2.44. The van der Waals surface area contributed by atoms with Gasteiger partial charge in [0.15, 0.2) is 0 Å². The first-order chi connectivity index (χ1) is 10.7. The minimum atomic E-state index is 0.815. The summed E-state index contributed by atoms with van der Waals surface area (Å²) in [7, 11) is 0. The second-order valence-electron chi connectivity index (χ2n) is 5.38. The summed E-state index contributed by atoms with van der Waals surface area (Å²) >= 11 is 0. The minimum Gasteiger partial charge on any atom is -0.370 e. The van der Waals surface area contributed by atoms with Crippen molar-refractivity contribution in [3.63, 3.8) is 0 Å². The Hall–Kier alpha value is -2.10. The van der Waals surface area contributed by atoms with Crippen molar-refractivity contribution < 1.29 is 0 Å². The van der Waals surface area contributed by atoms with E-state index in [9.17, 15) is 0 Å². The second kappa shape index (κ2) is 8.37. The molecule has 2 rings (SSSR count). The van der Waals surface area contributed by atoms with E-state index < -0.39 is 0 Å². The van der Waals surface area contributed by atoms with Crippen LogP contribution in [-0.4, -0.2) is 29.6 Å². The van der Waals surface area contributed by atoms with Crippen LogP contribution >= 0.6 is 0 Å². The van der Waals surface area contributed by atoms with Crippen LogP contribution in [0.3, 0.4) is 0 Å². The highest BCUT2D eigenvalue weighted by Crippen LogP contribution is 2.13. The molecule has 4 heteroatoms. The molecule has 0 atom stereocenters. The van der Waals surface area contributed by atoms with Gasteiger partial charge in [-0.3, -0.25) is 0 Å². The molecule has 0 saturated heterocycles. The molecular formula is C18H26N4. The highest BCUT2D eigenvalue weighted by molar-refractivity contribution is 5.43. The molecule has 0 bridgehead atoms. The lowest BCUT2D eigenvalue weighted by Gasteiger charge is -2.19. The Labute approximate surface area is 133 Å². The number of aryl methyl sites for hydroxylation is 2. The van der Waals surface area contributed by atoms with Crippen LogP contribution in [0.1, 0.15) is 31.5 Å². The smallest absolute Gasteiger partial charge is 0.227 e. The molecule has 4 nitrogen and oxygen atoms in total. The number of benzene rings is 1. The van der Waals surface area contributed by atoms with Crippen LogP contribution in [-0.2, 0) is 6.42 Å². The number of hydrogen-bond acceptors (Lipinski definition) is 4. The predicted octanol–water partition coefficient (Wildman–Crippen LogP) is 3.68. The first kappa shape index (κ1) is 16.3. The zero-order valence-corrected chi connectivity index (χ0v) is 13.8. The number of aromatic nitrogens is 2. The van der Waals surface area contributed by atoms with Crippen molar-refractivity contribution in [1.29, 1.82) is 0 Å². The molecule has 0 amide bonds. The molecule has 0 unspecified atom stereocenters. The van der Waals surface area contributed by atoms with Gasteiger partial charge < -0.3 is 10.2 Å². The maximum atomic E-state index is 4.62. The first-order valence-electron chi connectivity index (χ1n) is 8.11. The van der Waals surface area contributed by atoms with Gasteiger partial charge in [-0.1, -0.05) is 30.3 Å². The Kier molecular flexibility index (Phi) is 6.19. The highest BCUT2D eigenvalue weighted by Gasteiger charge is 2.07. The predicted molar refractivity (Wildman–Crippen MR) is 93.6 cm³/mol. The van der Waals surface area contributed by atoms with Gasteiger partial charge in [-0.05, 0) is 39.2 Å². The number of rotatable bonds is 8. The van der Waals surface area contributed by atoms with E-state index in [1.54, 1.807) is 0 Å². The number of anilines is 2. The maximum absolute atomic E-state index is 4.62. The van der Waals surface area contributed by atoms with E-state index in [2.05, 4.69) is 64.4 Å². The van der Waals surface area contributed by atoms with Crippen molar-refractivity contribution in [2.24, 2.45) is 0 Å². The Morgan fingerprint density at radius 3 is 2.45 bits per heavy atom. The molecular weight excluding hydrogens is 272 g/mol. The Bertz CT molecular complexity index is 565. The van der Waals surface area contributed by atoms with Gasteiger partial charge in [0, 0.05) is 31.4 Å². The van der Waals surface area contributed by atoms with E-state index in [1.807, 2.05) is 13.0 Å². The van der Waals surface area contributed by atoms with Gasteiger partial charge in [-0.25, -0.2) is 4.98 Å². The summed E-state index contributed by atoms with van der Waals surface area (Å²) in [5.74, 6) is 1.73. The largest absolute Gasteiger partial charge is 0.370 e. The van der Waals surface area contributed by atoms with Gasteiger partial charge in [0.1, 0.15) is 5.82 Å². The molecule has 1 aromatic carbocycles. The molecule has 0 aliphatic carbocycles. The molecule has 1 heterocycles. The molecule has 0 aliphatic heterocycles. The molecule has 1 aromatic heterocycles. The summed E-state index contributed by atoms with van der Waals surface area (Å²) in [6.07, 6.45) is 2.18. The Morgan fingerprint density at radius 1 is 1.05 bits per heavy atom. The van der Waals surface area contributed by atoms with Gasteiger partial charge in [0.05, 0.1) is 0 Å². The van der Waals surface area contributed by atoms with Crippen molar-refractivity contribution in [3.8, 4) is 0 Å². The molecule has 0 spiro atoms. The third-order valence-corrected chi connectivity index (χ3v) is 3.68. The van der Waals surface area contributed by atoms with Gasteiger partial charge in [0.25, 0.3) is 0 Å². The fraction of sp³-hybridized carbons (Fsp3) is 0.444. The van der Waals surface area contributed by atoms with Gasteiger partial charge >= 0.3 is 0 Å². The third kappa shape index (κ3) is 4.72. The van der Waals surface area contributed by atoms with E-state index in [0.29, 0.717) is 0 Å². The molecule has 22 heavy (non-hydrogen) atoms. The Morgan fingerprint density at radius 2 is 1.77 bits per heavy atom. The summed E-state index contributed by atoms with van der Waals surface area (Å²) in [4.78, 5) is 11.3. The summed E-state index contributed by atoms with van der Waals surface area (Å²) in [6.45, 7) is 9.04. The SMILES string of the molecule is CCN(CC)c1nc(C)cc(NCCCc2ccccc2)n1. The van der Waals surface area contributed by atoms with Crippen LogP contribution in [0.15, 0.2) is 36.4 Å². The lowest BCUT2D eigenvalue weighted by Crippen LogP contribution is -2.24. The van der Waals surface area contributed by atoms with Crippen LogP contribution < -0.4 is 10.2 Å². The minimum absolute atomic E-state index is 0.815. The van der Waals surface area contributed by atoms with Crippen molar-refractivity contribution in [3.05, 3.63) is 47.7 Å². The lowest BCUT2D eigenvalue weighted by atomic mass is 10.1. The van der Waals surface area contributed by atoms with Crippen LogP contribution in [0.4, 0.5) is 11.8 Å². The van der Waals surface area contributed by atoms with Crippen molar-refractivity contribution in [2.45, 2.75) is 33.6 Å². The quantitative estimate of drug-likeness (QED) is 0.755. The monoisotopic (exact) mass is 298 g/mol. The Balaban J connectivity index is 1.89. The molecule has 2 aromatic rings. The molecule has 0 aliphatic rings. The normalized spacial score (nSPS) is 10.5. The molecule has 0 fully saturated rings. The number of hydrogen-bond donors (Lipinski definition) is 1. The van der Waals surface area contributed by atoms with E-state index in [-0.39, 0.29) is 0 Å². The summed E-state index contributed by atoms with van der Waals surface area (Å²) in [5.41, 5.74) is 2.38. The standard InChI is InChI=1S/C18H26N4/c1-4-22(5-2)18-20-15(3)14-17(21-18)19-13-9-12-16-10-7-6-8-11-16/h6-8,10-11,14H,4-5,9,12-13H2,1-3H3,(H,19,20,21). The first-order valence-corrected chi connectivity index (χ1v) is 8.11. The van der Waals surface area contributed by atoms with E-state index in [0.717, 1.165) is 49.9 Å². The third-order valence-electron chi connectivity index (χ3n) is 3.68. The fourth-order valence-corrected chi connectivity index (χ4v) is 2.44. The zero-order valence-electron chi connectivity index (χ0n) is 13.8. The summed E-state index contributed by atoms with van der Waals surface area (Å²) < 4.78 is 0.